The molecule has 2 heterocycles. The molecule has 27 heavy (non-hydrogen) atoms. The lowest BCUT2D eigenvalue weighted by Crippen LogP contribution is -2.22. The number of carbonyl (C=O) groups is 2. The van der Waals surface area contributed by atoms with E-state index in [0.717, 1.165) is 20.4 Å². The van der Waals surface area contributed by atoms with Crippen LogP contribution in [0.1, 0.15) is 36.1 Å². The number of halogens is 1. The van der Waals surface area contributed by atoms with Crippen molar-refractivity contribution in [3.05, 3.63) is 44.9 Å². The Balaban J connectivity index is 2.11. The van der Waals surface area contributed by atoms with Gasteiger partial charge in [-0.2, -0.15) is 10.1 Å². The maximum Gasteiger partial charge on any atom is 0.325 e. The van der Waals surface area contributed by atoms with Crippen LogP contribution in [0.4, 0.5) is 0 Å². The summed E-state index contributed by atoms with van der Waals surface area (Å²) >= 11 is 4.77. The van der Waals surface area contributed by atoms with Gasteiger partial charge >= 0.3 is 5.97 Å². The summed E-state index contributed by atoms with van der Waals surface area (Å²) < 4.78 is 10.1. The molecule has 0 fully saturated rings. The van der Waals surface area contributed by atoms with Gasteiger partial charge < -0.3 is 9.30 Å². The maximum atomic E-state index is 12.7. The number of aromatic nitrogens is 3. The first-order valence-electron chi connectivity index (χ1n) is 8.31. The van der Waals surface area contributed by atoms with Crippen LogP contribution in [0, 0.1) is 6.92 Å². The highest BCUT2D eigenvalue weighted by Gasteiger charge is 2.16. The van der Waals surface area contributed by atoms with Gasteiger partial charge in [0.1, 0.15) is 6.54 Å². The van der Waals surface area contributed by atoms with Gasteiger partial charge in [0.15, 0.2) is 10.5 Å². The molecule has 1 aromatic carbocycles. The number of amides is 1. The highest BCUT2D eigenvalue weighted by atomic mass is 79.9. The number of thiazole rings is 1. The van der Waals surface area contributed by atoms with Crippen molar-refractivity contribution in [2.24, 2.45) is 4.99 Å². The van der Waals surface area contributed by atoms with Crippen LogP contribution < -0.4 is 4.80 Å². The quantitative estimate of drug-likeness (QED) is 0.570. The van der Waals surface area contributed by atoms with Crippen molar-refractivity contribution in [2.45, 2.75) is 33.4 Å². The third kappa shape index (κ3) is 4.03. The van der Waals surface area contributed by atoms with E-state index in [-0.39, 0.29) is 18.3 Å². The van der Waals surface area contributed by atoms with Gasteiger partial charge in [0, 0.05) is 16.2 Å². The van der Waals surface area contributed by atoms with Crippen LogP contribution in [0.5, 0.6) is 0 Å². The van der Waals surface area contributed by atoms with E-state index in [9.17, 15) is 9.59 Å². The predicted octanol–water partition coefficient (Wildman–Crippen LogP) is 3.47. The number of nitrogens with zero attached hydrogens (tertiary/aromatic N) is 4. The number of hydrogen-bond acceptors (Lipinski definition) is 5. The van der Waals surface area contributed by atoms with Gasteiger partial charge in [-0.05, 0) is 45.0 Å². The maximum absolute atomic E-state index is 12.7. The number of aryl methyl sites for hydroxylation is 1. The number of rotatable bonds is 4. The lowest BCUT2D eigenvalue weighted by molar-refractivity contribution is -0.141. The Hall–Kier alpha value is -2.26. The molecule has 0 spiro atoms. The minimum atomic E-state index is -0.443. The summed E-state index contributed by atoms with van der Waals surface area (Å²) in [7, 11) is 1.33. The number of ether oxygens (including phenoxy) is 1. The van der Waals surface area contributed by atoms with Crippen molar-refractivity contribution in [1.82, 2.24) is 14.3 Å². The molecule has 142 valence electrons. The van der Waals surface area contributed by atoms with E-state index in [2.05, 4.69) is 26.0 Å². The average Bonchev–Trinajstić information content (AvgIpc) is 3.15. The largest absolute Gasteiger partial charge is 0.468 e. The summed E-state index contributed by atoms with van der Waals surface area (Å²) in [5, 5.41) is 4.35. The summed E-state index contributed by atoms with van der Waals surface area (Å²) in [4.78, 5) is 29.2. The zero-order valence-electron chi connectivity index (χ0n) is 15.4. The van der Waals surface area contributed by atoms with Crippen molar-refractivity contribution in [3.63, 3.8) is 0 Å². The molecule has 7 nitrogen and oxygen atoms in total. The lowest BCUT2D eigenvalue weighted by Gasteiger charge is -2.06. The Bertz CT molecular complexity index is 1090. The van der Waals surface area contributed by atoms with Gasteiger partial charge in [0.25, 0.3) is 5.91 Å². The Labute approximate surface area is 168 Å². The first-order chi connectivity index (χ1) is 12.8. The summed E-state index contributed by atoms with van der Waals surface area (Å²) in [5.74, 6) is -0.854. The third-order valence-corrected chi connectivity index (χ3v) is 5.52. The van der Waals surface area contributed by atoms with Crippen LogP contribution in [0.2, 0.25) is 0 Å². The molecule has 0 saturated heterocycles. The molecule has 2 aromatic heterocycles. The second-order valence-electron chi connectivity index (χ2n) is 6.29. The van der Waals surface area contributed by atoms with Crippen molar-refractivity contribution in [3.8, 4) is 0 Å². The first-order valence-corrected chi connectivity index (χ1v) is 9.92. The van der Waals surface area contributed by atoms with Crippen LogP contribution in [-0.4, -0.2) is 33.3 Å². The number of methoxy groups -OCH3 is 1. The van der Waals surface area contributed by atoms with E-state index < -0.39 is 11.9 Å². The molecular weight excluding hydrogens is 432 g/mol. The molecule has 0 aliphatic carbocycles. The van der Waals surface area contributed by atoms with Crippen LogP contribution in [-0.2, 0) is 16.1 Å². The predicted molar refractivity (Wildman–Crippen MR) is 107 cm³/mol. The average molecular weight is 451 g/mol. The van der Waals surface area contributed by atoms with E-state index in [1.165, 1.54) is 18.4 Å². The van der Waals surface area contributed by atoms with E-state index >= 15 is 0 Å². The molecule has 9 heteroatoms. The Kier molecular flexibility index (Phi) is 5.61. The number of hydrogen-bond donors (Lipinski definition) is 0. The number of benzene rings is 1. The smallest absolute Gasteiger partial charge is 0.325 e. The minimum Gasteiger partial charge on any atom is -0.468 e. The van der Waals surface area contributed by atoms with Gasteiger partial charge in [0.05, 0.1) is 17.3 Å². The molecule has 0 aliphatic rings. The van der Waals surface area contributed by atoms with Crippen LogP contribution in [0.3, 0.4) is 0 Å². The number of esters is 1. The topological polar surface area (TPSA) is 78.5 Å². The summed E-state index contributed by atoms with van der Waals surface area (Å²) in [6.45, 7) is 5.88. The van der Waals surface area contributed by atoms with Crippen molar-refractivity contribution in [1.29, 1.82) is 0 Å². The number of carbonyl (C=O) groups excluding carboxylic acids is 2. The fourth-order valence-corrected chi connectivity index (χ4v) is 4.32. The molecule has 3 rings (SSSR count). The first kappa shape index (κ1) is 19.5. The fourth-order valence-electron chi connectivity index (χ4n) is 2.74. The van der Waals surface area contributed by atoms with Gasteiger partial charge in [-0.3, -0.25) is 14.3 Å². The molecule has 3 aromatic rings. The zero-order chi connectivity index (χ0) is 19.7. The number of fused-ring (bicyclic) bond motifs is 1. The van der Waals surface area contributed by atoms with Crippen molar-refractivity contribution in [2.75, 3.05) is 7.11 Å². The molecule has 0 atom stereocenters. The second-order valence-corrected chi connectivity index (χ2v) is 8.21. The highest BCUT2D eigenvalue weighted by Crippen LogP contribution is 2.22. The normalized spacial score (nSPS) is 12.1. The van der Waals surface area contributed by atoms with Crippen LogP contribution >= 0.6 is 27.3 Å². The molecule has 0 unspecified atom stereocenters. The monoisotopic (exact) mass is 450 g/mol. The van der Waals surface area contributed by atoms with E-state index in [0.29, 0.717) is 4.80 Å². The summed E-state index contributed by atoms with van der Waals surface area (Å²) in [6.07, 6.45) is 0. The molecular formula is C18H19BrN4O3S. The van der Waals surface area contributed by atoms with Crippen LogP contribution in [0.15, 0.2) is 33.7 Å². The minimum absolute atomic E-state index is 0.0241. The molecule has 0 N–H and O–H groups in total. The molecule has 0 aliphatic heterocycles. The second kappa shape index (κ2) is 7.77. The van der Waals surface area contributed by atoms with E-state index in [4.69, 9.17) is 4.74 Å². The van der Waals surface area contributed by atoms with Gasteiger partial charge in [-0.15, -0.1) is 0 Å². The third-order valence-electron chi connectivity index (χ3n) is 3.99. The Morgan fingerprint density at radius 2 is 2.07 bits per heavy atom. The van der Waals surface area contributed by atoms with E-state index in [1.54, 1.807) is 15.3 Å². The summed E-state index contributed by atoms with van der Waals surface area (Å²) in [6, 6.07) is 7.55. The SMILES string of the molecule is COC(=O)Cn1c(=NC(=O)c2cc(C)n(C(C)C)n2)sc2cc(Br)ccc21. The molecule has 0 bridgehead atoms. The van der Waals surface area contributed by atoms with Crippen molar-refractivity contribution >= 4 is 49.4 Å². The van der Waals surface area contributed by atoms with E-state index in [1.807, 2.05) is 39.0 Å². The standard InChI is InChI=1S/C18H19BrN4O3S/c1-10(2)23-11(3)7-13(21-23)17(25)20-18-22(9-16(24)26-4)14-6-5-12(19)8-15(14)27-18/h5-8,10H,9H2,1-4H3. The fraction of sp³-hybridized carbons (Fsp3) is 0.333. The van der Waals surface area contributed by atoms with Gasteiger partial charge in [0.2, 0.25) is 0 Å². The molecule has 1 amide bonds. The molecule has 0 radical (unpaired) electrons. The lowest BCUT2D eigenvalue weighted by atomic mass is 10.3. The Morgan fingerprint density at radius 1 is 1.33 bits per heavy atom. The van der Waals surface area contributed by atoms with Crippen LogP contribution in [0.25, 0.3) is 10.2 Å². The zero-order valence-corrected chi connectivity index (χ0v) is 17.8. The molecule has 0 saturated carbocycles. The van der Waals surface area contributed by atoms with Crippen molar-refractivity contribution < 1.29 is 14.3 Å². The van der Waals surface area contributed by atoms with Gasteiger partial charge in [-0.1, -0.05) is 27.3 Å². The summed E-state index contributed by atoms with van der Waals surface area (Å²) in [5.41, 5.74) is 1.99. The Morgan fingerprint density at radius 3 is 2.70 bits per heavy atom. The highest BCUT2D eigenvalue weighted by molar-refractivity contribution is 9.10. The van der Waals surface area contributed by atoms with Gasteiger partial charge in [-0.25, -0.2) is 0 Å².